The van der Waals surface area contributed by atoms with Crippen LogP contribution in [-0.2, 0) is 6.54 Å². The third kappa shape index (κ3) is 4.25. The van der Waals surface area contributed by atoms with E-state index in [-0.39, 0.29) is 0 Å². The van der Waals surface area contributed by atoms with E-state index in [1.807, 2.05) is 38.4 Å². The molecule has 4 nitrogen and oxygen atoms in total. The van der Waals surface area contributed by atoms with Crippen molar-refractivity contribution < 1.29 is 0 Å². The first-order chi connectivity index (χ1) is 10.5. The van der Waals surface area contributed by atoms with Gasteiger partial charge in [-0.15, -0.1) is 0 Å². The topological polar surface area (TPSA) is 53.6 Å². The van der Waals surface area contributed by atoms with Crippen molar-refractivity contribution in [1.29, 1.82) is 0 Å². The Morgan fingerprint density at radius 2 is 1.77 bits per heavy atom. The Morgan fingerprint density at radius 3 is 2.36 bits per heavy atom. The Morgan fingerprint density at radius 1 is 1.09 bits per heavy atom. The fourth-order valence-electron chi connectivity index (χ4n) is 2.13. The lowest BCUT2D eigenvalue weighted by atomic mass is 10.1. The number of hydrogen-bond donors (Lipinski definition) is 2. The predicted molar refractivity (Wildman–Crippen MR) is 95.6 cm³/mol. The van der Waals surface area contributed by atoms with Gasteiger partial charge in [0, 0.05) is 25.5 Å². The van der Waals surface area contributed by atoms with E-state index in [9.17, 15) is 0 Å². The van der Waals surface area contributed by atoms with E-state index in [0.717, 1.165) is 5.69 Å². The highest BCUT2D eigenvalue weighted by Gasteiger charge is 2.02. The van der Waals surface area contributed by atoms with Crippen molar-refractivity contribution in [2.24, 2.45) is 10.7 Å². The summed E-state index contributed by atoms with van der Waals surface area (Å²) < 4.78 is 0. The van der Waals surface area contributed by atoms with Gasteiger partial charge in [-0.1, -0.05) is 23.8 Å². The highest BCUT2D eigenvalue weighted by Crippen LogP contribution is 2.18. The predicted octanol–water partition coefficient (Wildman–Crippen LogP) is 3.30. The van der Waals surface area contributed by atoms with Crippen LogP contribution in [0.15, 0.2) is 47.5 Å². The molecule has 0 aliphatic heterocycles. The van der Waals surface area contributed by atoms with Gasteiger partial charge in [0.1, 0.15) is 0 Å². The van der Waals surface area contributed by atoms with Gasteiger partial charge in [0.25, 0.3) is 0 Å². The van der Waals surface area contributed by atoms with Gasteiger partial charge in [-0.25, -0.2) is 4.99 Å². The number of aliphatic imine (C=N–C) groups is 1. The Kier molecular flexibility index (Phi) is 5.04. The average molecular weight is 296 g/mol. The first-order valence-electron chi connectivity index (χ1n) is 7.36. The van der Waals surface area contributed by atoms with E-state index in [1.165, 1.54) is 22.4 Å². The first-order valence-corrected chi connectivity index (χ1v) is 7.36. The summed E-state index contributed by atoms with van der Waals surface area (Å²) in [6.07, 6.45) is 0. The quantitative estimate of drug-likeness (QED) is 0.672. The minimum absolute atomic E-state index is 0.430. The van der Waals surface area contributed by atoms with Crippen LogP contribution in [0.5, 0.6) is 0 Å². The number of guanidine groups is 1. The van der Waals surface area contributed by atoms with Gasteiger partial charge in [0.2, 0.25) is 0 Å². The summed E-state index contributed by atoms with van der Waals surface area (Å²) in [7, 11) is 4.08. The molecule has 22 heavy (non-hydrogen) atoms. The second-order valence-corrected chi connectivity index (χ2v) is 5.70. The van der Waals surface area contributed by atoms with E-state index >= 15 is 0 Å². The van der Waals surface area contributed by atoms with Crippen LogP contribution in [0, 0.1) is 13.8 Å². The van der Waals surface area contributed by atoms with E-state index in [4.69, 9.17) is 5.73 Å². The minimum Gasteiger partial charge on any atom is -0.378 e. The van der Waals surface area contributed by atoms with Crippen LogP contribution in [0.1, 0.15) is 16.7 Å². The molecule has 3 N–H and O–H groups in total. The molecule has 0 unspecified atom stereocenters. The zero-order valence-electron chi connectivity index (χ0n) is 13.7. The number of hydrogen-bond acceptors (Lipinski definition) is 2. The summed E-state index contributed by atoms with van der Waals surface area (Å²) in [5.41, 5.74) is 11.7. The van der Waals surface area contributed by atoms with Crippen LogP contribution < -0.4 is 16.0 Å². The Balaban J connectivity index is 2.03. The van der Waals surface area contributed by atoms with Gasteiger partial charge >= 0.3 is 0 Å². The van der Waals surface area contributed by atoms with Crippen LogP contribution in [0.4, 0.5) is 11.4 Å². The van der Waals surface area contributed by atoms with Crippen molar-refractivity contribution >= 4 is 17.3 Å². The fraction of sp³-hybridized carbons (Fsp3) is 0.278. The minimum atomic E-state index is 0.430. The molecule has 0 saturated carbocycles. The van der Waals surface area contributed by atoms with Crippen molar-refractivity contribution in [3.05, 3.63) is 59.2 Å². The largest absolute Gasteiger partial charge is 0.378 e. The van der Waals surface area contributed by atoms with E-state index in [0.29, 0.717) is 12.5 Å². The SMILES string of the molecule is Cc1ccc(NC(N)=NCc2ccc(N(C)C)cc2C)cc1. The number of anilines is 2. The maximum atomic E-state index is 5.95. The molecule has 0 saturated heterocycles. The van der Waals surface area contributed by atoms with Gasteiger partial charge in [0.05, 0.1) is 6.54 Å². The molecule has 0 aliphatic carbocycles. The third-order valence-corrected chi connectivity index (χ3v) is 3.59. The first kappa shape index (κ1) is 15.9. The summed E-state index contributed by atoms with van der Waals surface area (Å²) >= 11 is 0. The Bertz CT molecular complexity index is 657. The molecule has 4 heteroatoms. The van der Waals surface area contributed by atoms with Gasteiger partial charge in [0.15, 0.2) is 5.96 Å². The summed E-state index contributed by atoms with van der Waals surface area (Å²) in [5, 5.41) is 3.11. The molecular weight excluding hydrogens is 272 g/mol. The number of nitrogens with one attached hydrogen (secondary N) is 1. The lowest BCUT2D eigenvalue weighted by Crippen LogP contribution is -2.22. The number of benzene rings is 2. The highest BCUT2D eigenvalue weighted by molar-refractivity contribution is 5.92. The van der Waals surface area contributed by atoms with Crippen LogP contribution in [0.25, 0.3) is 0 Å². The molecule has 0 aromatic heterocycles. The Labute approximate surface area is 132 Å². The summed E-state index contributed by atoms with van der Waals surface area (Å²) in [4.78, 5) is 6.51. The molecule has 0 radical (unpaired) electrons. The zero-order chi connectivity index (χ0) is 16.1. The molecule has 0 amide bonds. The van der Waals surface area contributed by atoms with Crippen LogP contribution >= 0.6 is 0 Å². The lowest BCUT2D eigenvalue weighted by Gasteiger charge is -2.14. The molecule has 0 heterocycles. The molecular formula is C18H24N4. The van der Waals surface area contributed by atoms with Crippen LogP contribution in [-0.4, -0.2) is 20.1 Å². The molecule has 2 aromatic carbocycles. The van der Waals surface area contributed by atoms with Gasteiger partial charge in [-0.2, -0.15) is 0 Å². The normalized spacial score (nSPS) is 11.4. The summed E-state index contributed by atoms with van der Waals surface area (Å²) in [6.45, 7) is 4.73. The Hall–Kier alpha value is -2.49. The van der Waals surface area contributed by atoms with Crippen molar-refractivity contribution in [3.63, 3.8) is 0 Å². The second kappa shape index (κ2) is 6.98. The van der Waals surface area contributed by atoms with Crippen LogP contribution in [0.2, 0.25) is 0 Å². The molecule has 0 fully saturated rings. The van der Waals surface area contributed by atoms with Crippen molar-refractivity contribution in [2.45, 2.75) is 20.4 Å². The smallest absolute Gasteiger partial charge is 0.193 e. The number of nitrogens with two attached hydrogens (primary N) is 1. The van der Waals surface area contributed by atoms with Crippen molar-refractivity contribution in [2.75, 3.05) is 24.3 Å². The maximum absolute atomic E-state index is 5.95. The van der Waals surface area contributed by atoms with Crippen molar-refractivity contribution in [1.82, 2.24) is 0 Å². The fourth-order valence-corrected chi connectivity index (χ4v) is 2.13. The zero-order valence-corrected chi connectivity index (χ0v) is 13.7. The highest BCUT2D eigenvalue weighted by atomic mass is 15.1. The second-order valence-electron chi connectivity index (χ2n) is 5.70. The van der Waals surface area contributed by atoms with Gasteiger partial charge < -0.3 is 16.0 Å². The molecule has 0 aliphatic rings. The van der Waals surface area contributed by atoms with Gasteiger partial charge in [-0.05, 0) is 49.2 Å². The molecule has 0 atom stereocenters. The average Bonchev–Trinajstić information content (AvgIpc) is 2.48. The van der Waals surface area contributed by atoms with Crippen LogP contribution in [0.3, 0.4) is 0 Å². The molecule has 0 bridgehead atoms. The van der Waals surface area contributed by atoms with E-state index in [1.54, 1.807) is 0 Å². The summed E-state index contributed by atoms with van der Waals surface area (Å²) in [6, 6.07) is 14.4. The monoisotopic (exact) mass is 296 g/mol. The summed E-state index contributed by atoms with van der Waals surface area (Å²) in [5.74, 6) is 0.430. The molecule has 0 spiro atoms. The van der Waals surface area contributed by atoms with E-state index in [2.05, 4.69) is 47.3 Å². The number of rotatable bonds is 4. The lowest BCUT2D eigenvalue weighted by molar-refractivity contribution is 1.03. The standard InChI is InChI=1S/C18H24N4/c1-13-5-8-16(9-6-13)21-18(19)20-12-15-7-10-17(22(3)4)11-14(15)2/h5-11H,12H2,1-4H3,(H3,19,20,21). The maximum Gasteiger partial charge on any atom is 0.193 e. The van der Waals surface area contributed by atoms with Gasteiger partial charge in [-0.3, -0.25) is 0 Å². The number of aryl methyl sites for hydroxylation is 2. The van der Waals surface area contributed by atoms with Crippen molar-refractivity contribution in [3.8, 4) is 0 Å². The molecule has 116 valence electrons. The molecule has 2 aromatic rings. The third-order valence-electron chi connectivity index (χ3n) is 3.59. The number of nitrogens with zero attached hydrogens (tertiary/aromatic N) is 2. The van der Waals surface area contributed by atoms with E-state index < -0.39 is 0 Å². The molecule has 2 rings (SSSR count).